The maximum atomic E-state index is 11.7. The van der Waals surface area contributed by atoms with Gasteiger partial charge in [0.25, 0.3) is 0 Å². The van der Waals surface area contributed by atoms with E-state index in [1.807, 2.05) is 0 Å². The van der Waals surface area contributed by atoms with Crippen LogP contribution in [0.5, 0.6) is 0 Å². The number of carbonyl (C=O) groups is 1. The van der Waals surface area contributed by atoms with Crippen molar-refractivity contribution >= 4 is 21.9 Å². The average molecular weight is 375 g/mol. The summed E-state index contributed by atoms with van der Waals surface area (Å²) in [6.07, 6.45) is 17.0. The van der Waals surface area contributed by atoms with Gasteiger partial charge in [0.2, 0.25) is 0 Å². The van der Waals surface area contributed by atoms with Crippen molar-refractivity contribution in [3.05, 3.63) is 0 Å². The molecule has 0 spiro atoms. The van der Waals surface area contributed by atoms with Crippen molar-refractivity contribution in [2.75, 3.05) is 11.9 Å². The maximum absolute atomic E-state index is 11.7. The lowest BCUT2D eigenvalue weighted by molar-refractivity contribution is -0.144. The van der Waals surface area contributed by atoms with Crippen molar-refractivity contribution < 1.29 is 9.53 Å². The zero-order chi connectivity index (χ0) is 16.1. The first-order valence-electron chi connectivity index (χ1n) is 9.44. The Kier molecular flexibility index (Phi) is 11.3. The van der Waals surface area contributed by atoms with Gasteiger partial charge < -0.3 is 4.74 Å². The number of alkyl halides is 1. The van der Waals surface area contributed by atoms with Crippen LogP contribution in [0.25, 0.3) is 0 Å². The SMILES string of the molecule is CCCCCCCCCC(=O)OCCC1(CCCCBr)CC1. The van der Waals surface area contributed by atoms with Gasteiger partial charge in [-0.3, -0.25) is 4.79 Å². The lowest BCUT2D eigenvalue weighted by Crippen LogP contribution is -2.10. The van der Waals surface area contributed by atoms with Crippen LogP contribution < -0.4 is 0 Å². The zero-order valence-electron chi connectivity index (χ0n) is 14.5. The predicted octanol–water partition coefficient (Wildman–Crippen LogP) is 6.41. The van der Waals surface area contributed by atoms with Gasteiger partial charge in [0.15, 0.2) is 0 Å². The molecule has 0 bridgehead atoms. The molecule has 0 amide bonds. The third kappa shape index (κ3) is 9.86. The second kappa shape index (κ2) is 12.4. The van der Waals surface area contributed by atoms with E-state index in [-0.39, 0.29) is 5.97 Å². The van der Waals surface area contributed by atoms with Gasteiger partial charge in [-0.25, -0.2) is 0 Å². The number of carbonyl (C=O) groups excluding carboxylic acids is 1. The summed E-state index contributed by atoms with van der Waals surface area (Å²) in [6, 6.07) is 0. The van der Waals surface area contributed by atoms with E-state index >= 15 is 0 Å². The number of unbranched alkanes of at least 4 members (excludes halogenated alkanes) is 7. The lowest BCUT2D eigenvalue weighted by atomic mass is 9.96. The number of halogens is 1. The third-order valence-corrected chi connectivity index (χ3v) is 5.49. The summed E-state index contributed by atoms with van der Waals surface area (Å²) >= 11 is 3.49. The van der Waals surface area contributed by atoms with E-state index in [1.54, 1.807) is 0 Å². The van der Waals surface area contributed by atoms with E-state index in [9.17, 15) is 4.79 Å². The largest absolute Gasteiger partial charge is 0.466 e. The number of hydrogen-bond acceptors (Lipinski definition) is 2. The molecule has 0 aromatic heterocycles. The minimum absolute atomic E-state index is 0.0183. The molecule has 3 heteroatoms. The summed E-state index contributed by atoms with van der Waals surface area (Å²) in [7, 11) is 0. The molecule has 2 nitrogen and oxygen atoms in total. The van der Waals surface area contributed by atoms with Gasteiger partial charge in [-0.15, -0.1) is 0 Å². The van der Waals surface area contributed by atoms with Gasteiger partial charge >= 0.3 is 5.97 Å². The summed E-state index contributed by atoms with van der Waals surface area (Å²) in [5, 5.41) is 1.11. The second-order valence-electron chi connectivity index (χ2n) is 6.99. The Morgan fingerprint density at radius 2 is 1.64 bits per heavy atom. The van der Waals surface area contributed by atoms with Crippen molar-refractivity contribution in [2.24, 2.45) is 5.41 Å². The van der Waals surface area contributed by atoms with Crippen LogP contribution in [-0.2, 0) is 9.53 Å². The zero-order valence-corrected chi connectivity index (χ0v) is 16.1. The van der Waals surface area contributed by atoms with Crippen LogP contribution in [0, 0.1) is 5.41 Å². The second-order valence-corrected chi connectivity index (χ2v) is 7.78. The molecule has 0 aromatic carbocycles. The van der Waals surface area contributed by atoms with Crippen molar-refractivity contribution in [2.45, 2.75) is 96.8 Å². The first-order chi connectivity index (χ1) is 10.7. The molecule has 0 radical (unpaired) electrons. The monoisotopic (exact) mass is 374 g/mol. The highest BCUT2D eigenvalue weighted by Crippen LogP contribution is 2.52. The topological polar surface area (TPSA) is 26.3 Å². The Labute approximate surface area is 145 Å². The van der Waals surface area contributed by atoms with Gasteiger partial charge in [0.05, 0.1) is 6.61 Å². The molecule has 0 unspecified atom stereocenters. The number of ether oxygens (including phenoxy) is 1. The molecule has 0 aromatic rings. The molecular formula is C19H35BrO2. The molecule has 130 valence electrons. The summed E-state index contributed by atoms with van der Waals surface area (Å²) in [4.78, 5) is 11.7. The molecule has 1 rings (SSSR count). The Bertz CT molecular complexity index is 287. The highest BCUT2D eigenvalue weighted by Gasteiger charge is 2.41. The summed E-state index contributed by atoms with van der Waals surface area (Å²) in [5.74, 6) is 0.0183. The summed E-state index contributed by atoms with van der Waals surface area (Å²) < 4.78 is 5.42. The van der Waals surface area contributed by atoms with E-state index in [0.29, 0.717) is 18.4 Å². The Hall–Kier alpha value is -0.0500. The van der Waals surface area contributed by atoms with E-state index in [0.717, 1.165) is 18.2 Å². The van der Waals surface area contributed by atoms with Crippen molar-refractivity contribution in [1.29, 1.82) is 0 Å². The normalized spacial score (nSPS) is 15.7. The quantitative estimate of drug-likeness (QED) is 0.188. The third-order valence-electron chi connectivity index (χ3n) is 4.93. The van der Waals surface area contributed by atoms with Gasteiger partial charge in [-0.05, 0) is 43.9 Å². The van der Waals surface area contributed by atoms with Gasteiger partial charge in [-0.2, -0.15) is 0 Å². The first kappa shape index (κ1) is 20.0. The van der Waals surface area contributed by atoms with E-state index in [1.165, 1.54) is 70.6 Å². The molecule has 0 aliphatic heterocycles. The Morgan fingerprint density at radius 3 is 2.27 bits per heavy atom. The van der Waals surface area contributed by atoms with Crippen LogP contribution in [0.3, 0.4) is 0 Å². The van der Waals surface area contributed by atoms with E-state index in [4.69, 9.17) is 4.74 Å². The predicted molar refractivity (Wildman–Crippen MR) is 97.5 cm³/mol. The molecule has 22 heavy (non-hydrogen) atoms. The first-order valence-corrected chi connectivity index (χ1v) is 10.6. The van der Waals surface area contributed by atoms with Crippen LogP contribution in [0.15, 0.2) is 0 Å². The van der Waals surface area contributed by atoms with Gasteiger partial charge in [-0.1, -0.05) is 67.8 Å². The Morgan fingerprint density at radius 1 is 0.955 bits per heavy atom. The molecule has 0 atom stereocenters. The van der Waals surface area contributed by atoms with Crippen LogP contribution in [0.2, 0.25) is 0 Å². The minimum atomic E-state index is 0.0183. The van der Waals surface area contributed by atoms with E-state index in [2.05, 4.69) is 22.9 Å². The van der Waals surface area contributed by atoms with Crippen molar-refractivity contribution in [1.82, 2.24) is 0 Å². The molecule has 1 aliphatic rings. The molecule has 1 aliphatic carbocycles. The fourth-order valence-electron chi connectivity index (χ4n) is 3.08. The fraction of sp³-hybridized carbons (Fsp3) is 0.947. The number of hydrogen-bond donors (Lipinski definition) is 0. The highest BCUT2D eigenvalue weighted by molar-refractivity contribution is 9.09. The summed E-state index contributed by atoms with van der Waals surface area (Å²) in [5.41, 5.74) is 0.529. The van der Waals surface area contributed by atoms with E-state index < -0.39 is 0 Å². The molecule has 0 heterocycles. The van der Waals surface area contributed by atoms with Crippen LogP contribution in [0.4, 0.5) is 0 Å². The smallest absolute Gasteiger partial charge is 0.305 e. The van der Waals surface area contributed by atoms with Gasteiger partial charge in [0.1, 0.15) is 0 Å². The van der Waals surface area contributed by atoms with Crippen LogP contribution in [-0.4, -0.2) is 17.9 Å². The molecule has 0 N–H and O–H groups in total. The minimum Gasteiger partial charge on any atom is -0.466 e. The maximum Gasteiger partial charge on any atom is 0.305 e. The van der Waals surface area contributed by atoms with Crippen molar-refractivity contribution in [3.63, 3.8) is 0 Å². The van der Waals surface area contributed by atoms with Crippen molar-refractivity contribution in [3.8, 4) is 0 Å². The molecular weight excluding hydrogens is 340 g/mol. The highest BCUT2D eigenvalue weighted by atomic mass is 79.9. The van der Waals surface area contributed by atoms with Crippen LogP contribution in [0.1, 0.15) is 96.8 Å². The number of esters is 1. The summed E-state index contributed by atoms with van der Waals surface area (Å²) in [6.45, 7) is 2.88. The van der Waals surface area contributed by atoms with Gasteiger partial charge in [0, 0.05) is 11.8 Å². The molecule has 0 saturated heterocycles. The van der Waals surface area contributed by atoms with Crippen LogP contribution >= 0.6 is 15.9 Å². The molecule has 1 fully saturated rings. The fourth-order valence-corrected chi connectivity index (χ4v) is 3.47. The average Bonchev–Trinajstić information content (AvgIpc) is 3.27. The lowest BCUT2D eigenvalue weighted by Gasteiger charge is -2.14. The molecule has 1 saturated carbocycles. The Balaban J connectivity index is 1.91. The standard InChI is InChI=1S/C19H35BrO2/c1-2-3-4-5-6-7-8-11-18(21)22-17-15-19(13-14-19)12-9-10-16-20/h2-17H2,1H3. The number of rotatable bonds is 15.